The minimum absolute atomic E-state index is 0.00947. The highest BCUT2D eigenvalue weighted by atomic mass is 35.5. The summed E-state index contributed by atoms with van der Waals surface area (Å²) in [6, 6.07) is 9.06. The van der Waals surface area contributed by atoms with Crippen molar-refractivity contribution in [3.63, 3.8) is 0 Å². The minimum atomic E-state index is -1.17. The minimum Gasteiger partial charge on any atom is -0.550 e. The second kappa shape index (κ2) is 7.90. The molecule has 1 saturated heterocycles. The number of aryl methyl sites for hydroxylation is 1. The number of imide groups is 1. The number of amides is 2. The van der Waals surface area contributed by atoms with Gasteiger partial charge in [-0.25, -0.2) is 4.90 Å². The maximum absolute atomic E-state index is 12.9. The molecule has 3 rings (SSSR count). The number of benzene rings is 2. The van der Waals surface area contributed by atoms with Gasteiger partial charge in [-0.15, -0.1) is 0 Å². The fraction of sp³-hybridized carbons (Fsp3) is 0.250. The summed E-state index contributed by atoms with van der Waals surface area (Å²) in [5.41, 5.74) is 2.27. The number of nitrogens with zero attached hydrogens (tertiary/aromatic N) is 1. The molecule has 0 unspecified atom stereocenters. The topological polar surface area (TPSA) is 98.8 Å². The number of ether oxygens (including phenoxy) is 1. The van der Waals surface area contributed by atoms with E-state index < -0.39 is 17.9 Å². The number of nitrogens with one attached hydrogen (secondary N) is 1. The standard InChI is InChI=1S/C20H19ClN2O5/c1-11-7-16(17(28-2)9-14(11)21)23-18(24)10-15(20(23)27)22-13-5-3-12(4-6-13)8-19(25)26/h3-7,9,15,22H,8,10H2,1-2H3,(H,25,26)/p-1/t15-/m0/s1. The molecule has 0 bridgehead atoms. The first-order chi connectivity index (χ1) is 13.3. The van der Waals surface area contributed by atoms with Gasteiger partial charge in [0, 0.05) is 29.2 Å². The number of methoxy groups -OCH3 is 1. The average Bonchev–Trinajstić information content (AvgIpc) is 2.91. The summed E-state index contributed by atoms with van der Waals surface area (Å²) < 4.78 is 5.28. The van der Waals surface area contributed by atoms with Gasteiger partial charge in [-0.1, -0.05) is 23.7 Å². The fourth-order valence-corrected chi connectivity index (χ4v) is 3.22. The van der Waals surface area contributed by atoms with Crippen LogP contribution in [0.2, 0.25) is 5.02 Å². The van der Waals surface area contributed by atoms with Gasteiger partial charge in [-0.3, -0.25) is 9.59 Å². The van der Waals surface area contributed by atoms with E-state index in [1.54, 1.807) is 43.3 Å². The van der Waals surface area contributed by atoms with Crippen LogP contribution in [0.3, 0.4) is 0 Å². The van der Waals surface area contributed by atoms with Crippen molar-refractivity contribution in [3.8, 4) is 5.75 Å². The third kappa shape index (κ3) is 3.94. The highest BCUT2D eigenvalue weighted by Crippen LogP contribution is 2.36. The van der Waals surface area contributed by atoms with Crippen molar-refractivity contribution in [1.29, 1.82) is 0 Å². The van der Waals surface area contributed by atoms with Crippen molar-refractivity contribution in [3.05, 3.63) is 52.5 Å². The molecular formula is C20H18ClN2O5-. The summed E-state index contributed by atoms with van der Waals surface area (Å²) in [6.07, 6.45) is -0.199. The van der Waals surface area contributed by atoms with Crippen LogP contribution in [0.1, 0.15) is 17.5 Å². The largest absolute Gasteiger partial charge is 0.550 e. The molecule has 2 amide bonds. The van der Waals surface area contributed by atoms with Gasteiger partial charge in [-0.2, -0.15) is 0 Å². The van der Waals surface area contributed by atoms with Gasteiger partial charge < -0.3 is 20.0 Å². The number of hydrogen-bond donors (Lipinski definition) is 1. The Morgan fingerprint density at radius 2 is 1.96 bits per heavy atom. The van der Waals surface area contributed by atoms with Crippen molar-refractivity contribution in [2.24, 2.45) is 0 Å². The lowest BCUT2D eigenvalue weighted by atomic mass is 10.1. The van der Waals surface area contributed by atoms with Gasteiger partial charge in [0.05, 0.1) is 19.2 Å². The molecule has 0 saturated carbocycles. The first-order valence-corrected chi connectivity index (χ1v) is 8.94. The molecule has 0 radical (unpaired) electrons. The van der Waals surface area contributed by atoms with Crippen LogP contribution in [0.25, 0.3) is 0 Å². The zero-order valence-corrected chi connectivity index (χ0v) is 16.1. The Hall–Kier alpha value is -3.06. The van der Waals surface area contributed by atoms with Gasteiger partial charge in [-0.05, 0) is 36.2 Å². The van der Waals surface area contributed by atoms with Crippen LogP contribution in [-0.2, 0) is 20.8 Å². The summed E-state index contributed by atoms with van der Waals surface area (Å²) in [5.74, 6) is -1.58. The summed E-state index contributed by atoms with van der Waals surface area (Å²) >= 11 is 6.10. The average molecular weight is 402 g/mol. The van der Waals surface area contributed by atoms with E-state index >= 15 is 0 Å². The van der Waals surface area contributed by atoms with Crippen molar-refractivity contribution in [2.45, 2.75) is 25.8 Å². The van der Waals surface area contributed by atoms with Gasteiger partial charge in [0.25, 0.3) is 5.91 Å². The van der Waals surface area contributed by atoms with Gasteiger partial charge in [0.15, 0.2) is 0 Å². The zero-order chi connectivity index (χ0) is 20.4. The van der Waals surface area contributed by atoms with E-state index in [-0.39, 0.29) is 18.7 Å². The lowest BCUT2D eigenvalue weighted by molar-refractivity contribution is -0.304. The van der Waals surface area contributed by atoms with Crippen LogP contribution in [0.15, 0.2) is 36.4 Å². The van der Waals surface area contributed by atoms with Gasteiger partial charge in [0.1, 0.15) is 11.8 Å². The SMILES string of the molecule is COc1cc(Cl)c(C)cc1N1C(=O)C[C@H](Nc2ccc(CC(=O)[O-])cc2)C1=O. The van der Waals surface area contributed by atoms with Crippen LogP contribution in [0.5, 0.6) is 5.75 Å². The molecule has 0 aliphatic carbocycles. The second-order valence-corrected chi connectivity index (χ2v) is 6.89. The van der Waals surface area contributed by atoms with Crippen LogP contribution in [0.4, 0.5) is 11.4 Å². The van der Waals surface area contributed by atoms with E-state index in [9.17, 15) is 19.5 Å². The molecule has 2 aromatic carbocycles. The molecule has 146 valence electrons. The van der Waals surface area contributed by atoms with Crippen molar-refractivity contribution < 1.29 is 24.2 Å². The zero-order valence-electron chi connectivity index (χ0n) is 15.3. The van der Waals surface area contributed by atoms with Crippen molar-refractivity contribution in [2.75, 3.05) is 17.3 Å². The maximum Gasteiger partial charge on any atom is 0.256 e. The number of rotatable bonds is 6. The lowest BCUT2D eigenvalue weighted by Crippen LogP contribution is -2.35. The molecular weight excluding hydrogens is 384 g/mol. The van der Waals surface area contributed by atoms with Gasteiger partial charge >= 0.3 is 0 Å². The summed E-state index contributed by atoms with van der Waals surface area (Å²) in [4.78, 5) is 37.1. The molecule has 1 aliphatic rings. The quantitative estimate of drug-likeness (QED) is 0.739. The number of halogens is 1. The van der Waals surface area contributed by atoms with Crippen LogP contribution < -0.4 is 20.1 Å². The third-order valence-electron chi connectivity index (χ3n) is 4.49. The number of carbonyl (C=O) groups excluding carboxylic acids is 3. The van der Waals surface area contributed by atoms with E-state index in [0.717, 1.165) is 10.5 Å². The van der Waals surface area contributed by atoms with Crippen LogP contribution in [0, 0.1) is 6.92 Å². The molecule has 28 heavy (non-hydrogen) atoms. The number of carbonyl (C=O) groups is 3. The Bertz CT molecular complexity index is 942. The number of aliphatic carboxylic acids is 1. The van der Waals surface area contributed by atoms with Gasteiger partial charge in [0.2, 0.25) is 5.91 Å². The fourth-order valence-electron chi connectivity index (χ4n) is 3.07. The summed E-state index contributed by atoms with van der Waals surface area (Å²) in [7, 11) is 1.44. The Morgan fingerprint density at radius 1 is 1.29 bits per heavy atom. The molecule has 1 atom stereocenters. The summed E-state index contributed by atoms with van der Waals surface area (Å²) in [5, 5.41) is 14.1. The molecule has 1 aliphatic heterocycles. The first kappa shape index (κ1) is 19.7. The lowest BCUT2D eigenvalue weighted by Gasteiger charge is -2.20. The Kier molecular flexibility index (Phi) is 5.56. The molecule has 2 aromatic rings. The third-order valence-corrected chi connectivity index (χ3v) is 4.90. The molecule has 8 heteroatoms. The normalized spacial score (nSPS) is 16.4. The highest BCUT2D eigenvalue weighted by Gasteiger charge is 2.41. The summed E-state index contributed by atoms with van der Waals surface area (Å²) in [6.45, 7) is 1.78. The predicted octanol–water partition coefficient (Wildman–Crippen LogP) is 1.69. The van der Waals surface area contributed by atoms with Crippen LogP contribution in [-0.4, -0.2) is 30.9 Å². The first-order valence-electron chi connectivity index (χ1n) is 8.56. The smallest absolute Gasteiger partial charge is 0.256 e. The highest BCUT2D eigenvalue weighted by molar-refractivity contribution is 6.32. The second-order valence-electron chi connectivity index (χ2n) is 6.49. The molecule has 7 nitrogen and oxygen atoms in total. The monoisotopic (exact) mass is 401 g/mol. The van der Waals surface area contributed by atoms with E-state index in [1.807, 2.05) is 0 Å². The van der Waals surface area contributed by atoms with E-state index in [0.29, 0.717) is 27.7 Å². The Balaban J connectivity index is 1.81. The van der Waals surface area contributed by atoms with Crippen molar-refractivity contribution in [1.82, 2.24) is 0 Å². The Labute approximate surface area is 166 Å². The molecule has 1 heterocycles. The van der Waals surface area contributed by atoms with E-state index in [4.69, 9.17) is 16.3 Å². The molecule has 0 spiro atoms. The predicted molar refractivity (Wildman–Crippen MR) is 102 cm³/mol. The maximum atomic E-state index is 12.9. The number of carboxylic acid groups (broad SMARTS) is 1. The van der Waals surface area contributed by atoms with Crippen molar-refractivity contribution >= 4 is 40.8 Å². The van der Waals surface area contributed by atoms with E-state index in [1.165, 1.54) is 7.11 Å². The number of hydrogen-bond acceptors (Lipinski definition) is 6. The molecule has 1 N–H and O–H groups in total. The Morgan fingerprint density at radius 3 is 2.57 bits per heavy atom. The number of carboxylic acids is 1. The molecule has 1 fully saturated rings. The number of anilines is 2. The van der Waals surface area contributed by atoms with E-state index in [2.05, 4.69) is 5.32 Å². The molecule has 0 aromatic heterocycles. The van der Waals surface area contributed by atoms with Crippen LogP contribution >= 0.6 is 11.6 Å².